The molecule has 0 aliphatic carbocycles. The largest absolute Gasteiger partial charge is 0.497 e. The Kier molecular flexibility index (Phi) is 7.65. The van der Waals surface area contributed by atoms with Crippen molar-refractivity contribution in [2.45, 2.75) is 69.9 Å². The van der Waals surface area contributed by atoms with E-state index < -0.39 is 47.4 Å². The van der Waals surface area contributed by atoms with Gasteiger partial charge >= 0.3 is 12.3 Å². The number of alkyl halides is 3. The zero-order valence-electron chi connectivity index (χ0n) is 21.9. The lowest BCUT2D eigenvalue weighted by Crippen LogP contribution is -2.49. The number of anilines is 1. The van der Waals surface area contributed by atoms with Gasteiger partial charge in [-0.25, -0.2) is 4.79 Å². The molecule has 2 aromatic rings. The summed E-state index contributed by atoms with van der Waals surface area (Å²) in [4.78, 5) is 29.3. The van der Waals surface area contributed by atoms with E-state index in [-0.39, 0.29) is 24.2 Å². The van der Waals surface area contributed by atoms with E-state index in [1.807, 2.05) is 0 Å². The first kappa shape index (κ1) is 27.8. The van der Waals surface area contributed by atoms with E-state index in [0.717, 1.165) is 6.07 Å². The van der Waals surface area contributed by atoms with Crippen LogP contribution in [0.3, 0.4) is 0 Å². The first-order valence-electron chi connectivity index (χ1n) is 12.6. The molecule has 2 amide bonds. The maximum Gasteiger partial charge on any atom is 0.416 e. The average Bonchev–Trinajstić information content (AvgIpc) is 3.28. The minimum Gasteiger partial charge on any atom is -0.497 e. The molecule has 4 rings (SSSR count). The summed E-state index contributed by atoms with van der Waals surface area (Å²) in [6.45, 7) is 5.60. The number of rotatable bonds is 4. The number of aliphatic hydroxyl groups excluding tert-OH is 1. The molecule has 1 saturated heterocycles. The molecule has 0 aromatic heterocycles. The molecule has 1 fully saturated rings. The van der Waals surface area contributed by atoms with Crippen molar-refractivity contribution in [3.8, 4) is 5.75 Å². The van der Waals surface area contributed by atoms with Crippen molar-refractivity contribution in [2.75, 3.05) is 25.1 Å². The normalized spacial score (nSPS) is 22.2. The highest BCUT2D eigenvalue weighted by atomic mass is 19.4. The maximum atomic E-state index is 14.1. The molecule has 38 heavy (non-hydrogen) atoms. The maximum absolute atomic E-state index is 14.1. The van der Waals surface area contributed by atoms with Crippen LogP contribution in [0.5, 0.6) is 5.75 Å². The summed E-state index contributed by atoms with van der Waals surface area (Å²) in [5.41, 5.74) is -1.02. The number of benzene rings is 2. The number of likely N-dealkylation sites (tertiary alicyclic amines) is 1. The molecule has 206 valence electrons. The molecule has 0 spiro atoms. The molecule has 0 radical (unpaired) electrons. The molecule has 2 aliphatic heterocycles. The van der Waals surface area contributed by atoms with Gasteiger partial charge in [0.05, 0.1) is 18.7 Å². The van der Waals surface area contributed by atoms with Crippen molar-refractivity contribution in [1.82, 2.24) is 4.90 Å². The lowest BCUT2D eigenvalue weighted by molar-refractivity contribution is -0.138. The van der Waals surface area contributed by atoms with Crippen LogP contribution >= 0.6 is 0 Å². The van der Waals surface area contributed by atoms with Gasteiger partial charge in [-0.3, -0.25) is 4.79 Å². The summed E-state index contributed by atoms with van der Waals surface area (Å²) in [6, 6.07) is 9.83. The van der Waals surface area contributed by atoms with E-state index in [1.165, 1.54) is 29.0 Å². The Labute approximate surface area is 220 Å². The van der Waals surface area contributed by atoms with Crippen molar-refractivity contribution >= 4 is 17.7 Å². The quantitative estimate of drug-likeness (QED) is 0.587. The van der Waals surface area contributed by atoms with E-state index in [9.17, 15) is 27.9 Å². The molecule has 2 aliphatic rings. The molecular weight excluding hydrogens is 501 g/mol. The van der Waals surface area contributed by atoms with Gasteiger partial charge in [0.25, 0.3) is 5.91 Å². The average molecular weight is 535 g/mol. The van der Waals surface area contributed by atoms with Crippen LogP contribution in [0.15, 0.2) is 42.5 Å². The van der Waals surface area contributed by atoms with Gasteiger partial charge in [0.1, 0.15) is 17.5 Å². The topological polar surface area (TPSA) is 79.3 Å². The van der Waals surface area contributed by atoms with Crippen LogP contribution in [0.2, 0.25) is 0 Å². The summed E-state index contributed by atoms with van der Waals surface area (Å²) in [7, 11) is 1.49. The lowest BCUT2D eigenvalue weighted by atomic mass is 9.86. The zero-order chi connectivity index (χ0) is 27.8. The van der Waals surface area contributed by atoms with Crippen LogP contribution in [0.4, 0.5) is 23.7 Å². The van der Waals surface area contributed by atoms with Gasteiger partial charge < -0.3 is 24.4 Å². The number of ether oxygens (including phenoxy) is 2. The zero-order valence-corrected chi connectivity index (χ0v) is 21.9. The predicted molar refractivity (Wildman–Crippen MR) is 135 cm³/mol. The number of carbonyl (C=O) groups is 2. The van der Waals surface area contributed by atoms with Gasteiger partial charge in [-0.05, 0) is 75.4 Å². The number of hydrogen-bond donors (Lipinski definition) is 1. The molecule has 0 bridgehead atoms. The van der Waals surface area contributed by atoms with Crippen LogP contribution in [0.1, 0.15) is 56.2 Å². The standard InChI is InChI=1S/C28H33F3N2O5/c1-27(2,3)38-26(36)32-14-6-7-18(32)16-33-23-9-5-8-22(28(29,30)31)21(23)15-20(24(34)25(33)35)17-10-12-19(37-4)13-11-17/h5,8-13,18,20,24,34H,6-7,14-16H2,1-4H3. The second kappa shape index (κ2) is 10.5. The third-order valence-electron chi connectivity index (χ3n) is 7.01. The Bertz CT molecular complexity index is 1180. The fraction of sp³-hybridized carbons (Fsp3) is 0.500. The van der Waals surface area contributed by atoms with Crippen molar-refractivity contribution in [1.29, 1.82) is 0 Å². The molecule has 2 heterocycles. The summed E-state index contributed by atoms with van der Waals surface area (Å²) < 4.78 is 53.1. The summed E-state index contributed by atoms with van der Waals surface area (Å²) in [5.74, 6) is -1.07. The van der Waals surface area contributed by atoms with Gasteiger partial charge in [0.15, 0.2) is 0 Å². The van der Waals surface area contributed by atoms with Gasteiger partial charge in [-0.1, -0.05) is 18.2 Å². The number of carbonyl (C=O) groups excluding carboxylic acids is 2. The van der Waals surface area contributed by atoms with E-state index in [2.05, 4.69) is 0 Å². The molecule has 2 aromatic carbocycles. The van der Waals surface area contributed by atoms with Gasteiger partial charge in [-0.15, -0.1) is 0 Å². The van der Waals surface area contributed by atoms with Crippen LogP contribution < -0.4 is 9.64 Å². The predicted octanol–water partition coefficient (Wildman–Crippen LogP) is 5.15. The minimum absolute atomic E-state index is 0.0568. The highest BCUT2D eigenvalue weighted by Crippen LogP contribution is 2.42. The van der Waals surface area contributed by atoms with E-state index >= 15 is 0 Å². The highest BCUT2D eigenvalue weighted by Gasteiger charge is 2.43. The molecule has 7 nitrogen and oxygen atoms in total. The Morgan fingerprint density at radius 2 is 1.79 bits per heavy atom. The molecule has 3 unspecified atom stereocenters. The van der Waals surface area contributed by atoms with Gasteiger partial charge in [0, 0.05) is 24.7 Å². The van der Waals surface area contributed by atoms with E-state index in [1.54, 1.807) is 45.0 Å². The van der Waals surface area contributed by atoms with E-state index in [4.69, 9.17) is 9.47 Å². The number of halogens is 3. The number of amides is 2. The lowest BCUT2D eigenvalue weighted by Gasteiger charge is -2.33. The molecular formula is C28H33F3N2O5. The third-order valence-corrected chi connectivity index (χ3v) is 7.01. The van der Waals surface area contributed by atoms with Crippen LogP contribution in [-0.2, 0) is 22.1 Å². The van der Waals surface area contributed by atoms with Crippen molar-refractivity contribution < 1.29 is 37.3 Å². The fourth-order valence-electron chi connectivity index (χ4n) is 5.23. The number of hydrogen-bond acceptors (Lipinski definition) is 5. The van der Waals surface area contributed by atoms with Crippen molar-refractivity contribution in [2.24, 2.45) is 0 Å². The monoisotopic (exact) mass is 534 g/mol. The third kappa shape index (κ3) is 5.75. The Hall–Kier alpha value is -3.27. The summed E-state index contributed by atoms with van der Waals surface area (Å²) in [6.07, 6.45) is -5.76. The first-order chi connectivity index (χ1) is 17.8. The number of aliphatic hydroxyl groups is 1. The number of nitrogens with zero attached hydrogens (tertiary/aromatic N) is 2. The molecule has 1 N–H and O–H groups in total. The first-order valence-corrected chi connectivity index (χ1v) is 12.6. The van der Waals surface area contributed by atoms with Crippen LogP contribution in [-0.4, -0.2) is 60.0 Å². The smallest absolute Gasteiger partial charge is 0.416 e. The molecule has 0 saturated carbocycles. The van der Waals surface area contributed by atoms with Crippen molar-refractivity contribution in [3.05, 3.63) is 59.2 Å². The van der Waals surface area contributed by atoms with Crippen LogP contribution in [0.25, 0.3) is 0 Å². The fourth-order valence-corrected chi connectivity index (χ4v) is 5.23. The van der Waals surface area contributed by atoms with E-state index in [0.29, 0.717) is 30.7 Å². The number of fused-ring (bicyclic) bond motifs is 1. The van der Waals surface area contributed by atoms with Crippen LogP contribution in [0, 0.1) is 0 Å². The van der Waals surface area contributed by atoms with Crippen molar-refractivity contribution in [3.63, 3.8) is 0 Å². The highest BCUT2D eigenvalue weighted by molar-refractivity contribution is 5.99. The second-order valence-electron chi connectivity index (χ2n) is 10.7. The Morgan fingerprint density at radius 3 is 2.39 bits per heavy atom. The van der Waals surface area contributed by atoms with Gasteiger partial charge in [0.2, 0.25) is 0 Å². The summed E-state index contributed by atoms with van der Waals surface area (Å²) >= 11 is 0. The SMILES string of the molecule is COc1ccc(C2Cc3c(cccc3C(F)(F)F)N(CC3CCCN3C(=O)OC(C)(C)C)C(=O)C2O)cc1. The molecule has 3 atom stereocenters. The van der Waals surface area contributed by atoms with Gasteiger partial charge in [-0.2, -0.15) is 13.2 Å². The summed E-state index contributed by atoms with van der Waals surface area (Å²) in [5, 5.41) is 11.2. The molecule has 10 heteroatoms. The Balaban J connectivity index is 1.75. The Morgan fingerprint density at radius 1 is 1.11 bits per heavy atom. The minimum atomic E-state index is -4.66. The second-order valence-corrected chi connectivity index (χ2v) is 10.7. The number of methoxy groups -OCH3 is 1.